The van der Waals surface area contributed by atoms with Crippen LogP contribution in [0.5, 0.6) is 0 Å². The molecule has 0 atom stereocenters. The maximum atomic E-state index is 6.28. The monoisotopic (exact) mass is 371 g/mol. The van der Waals surface area contributed by atoms with Gasteiger partial charge in [0.15, 0.2) is 5.13 Å². The Hall–Kier alpha value is -0.780. The Labute approximate surface area is 136 Å². The third kappa shape index (κ3) is 2.80. The quantitative estimate of drug-likeness (QED) is 0.759. The van der Waals surface area contributed by atoms with Gasteiger partial charge in [-0.25, -0.2) is 4.98 Å². The predicted octanol–water partition coefficient (Wildman–Crippen LogP) is 4.02. The number of rotatable bonds is 3. The Balaban J connectivity index is 1.74. The van der Waals surface area contributed by atoms with Gasteiger partial charge < -0.3 is 9.80 Å². The fourth-order valence-corrected chi connectivity index (χ4v) is 4.17. The Morgan fingerprint density at radius 1 is 1.20 bits per heavy atom. The third-order valence-electron chi connectivity index (χ3n) is 3.54. The van der Waals surface area contributed by atoms with Gasteiger partial charge in [-0.15, -0.1) is 11.3 Å². The molecular formula is C14H15BrClN3S. The molecule has 20 heavy (non-hydrogen) atoms. The summed E-state index contributed by atoms with van der Waals surface area (Å²) in [5.74, 6) is 0. The van der Waals surface area contributed by atoms with Crippen molar-refractivity contribution < 1.29 is 0 Å². The average Bonchev–Trinajstić information content (AvgIpc) is 3.01. The normalized spacial score (nSPS) is 15.7. The number of halogens is 2. The summed E-state index contributed by atoms with van der Waals surface area (Å²) in [6.07, 6.45) is 1.87. The van der Waals surface area contributed by atoms with Gasteiger partial charge in [-0.2, -0.15) is 0 Å². The molecule has 1 aliphatic rings. The van der Waals surface area contributed by atoms with Gasteiger partial charge in [-0.05, 0) is 12.1 Å². The van der Waals surface area contributed by atoms with Crippen molar-refractivity contribution in [2.24, 2.45) is 0 Å². The zero-order valence-electron chi connectivity index (χ0n) is 10.9. The first-order valence-electron chi connectivity index (χ1n) is 6.52. The van der Waals surface area contributed by atoms with Crippen LogP contribution in [0.4, 0.5) is 10.8 Å². The van der Waals surface area contributed by atoms with Gasteiger partial charge >= 0.3 is 0 Å². The molecule has 0 radical (unpaired) electrons. The first kappa shape index (κ1) is 14.2. The molecule has 1 aromatic heterocycles. The van der Waals surface area contributed by atoms with E-state index < -0.39 is 0 Å². The molecule has 0 unspecified atom stereocenters. The number of benzene rings is 1. The largest absolute Gasteiger partial charge is 0.368 e. The maximum Gasteiger partial charge on any atom is 0.185 e. The van der Waals surface area contributed by atoms with E-state index in [4.69, 9.17) is 11.6 Å². The maximum absolute atomic E-state index is 6.28. The fourth-order valence-electron chi connectivity index (χ4n) is 2.49. The van der Waals surface area contributed by atoms with Crippen molar-refractivity contribution in [1.82, 2.24) is 4.98 Å². The van der Waals surface area contributed by atoms with Gasteiger partial charge in [0.1, 0.15) is 0 Å². The van der Waals surface area contributed by atoms with Crippen molar-refractivity contribution in [3.63, 3.8) is 0 Å². The molecule has 0 aliphatic carbocycles. The lowest BCUT2D eigenvalue weighted by molar-refractivity contribution is 0.651. The molecule has 1 aliphatic heterocycles. The minimum atomic E-state index is 0.786. The van der Waals surface area contributed by atoms with Crippen LogP contribution in [-0.2, 0) is 5.33 Å². The molecule has 1 aromatic carbocycles. The number of alkyl halides is 1. The number of thiazole rings is 1. The van der Waals surface area contributed by atoms with Gasteiger partial charge in [-0.1, -0.05) is 33.6 Å². The molecule has 3 nitrogen and oxygen atoms in total. The van der Waals surface area contributed by atoms with Crippen molar-refractivity contribution in [1.29, 1.82) is 0 Å². The molecule has 6 heteroatoms. The molecule has 3 rings (SSSR count). The standard InChI is InChI=1S/C14H15BrClN3S/c15-10-11-12(16)2-1-3-13(11)18-5-7-19(8-6-18)14-17-4-9-20-14/h1-4,9H,5-8,10H2. The highest BCUT2D eigenvalue weighted by Gasteiger charge is 2.21. The summed E-state index contributed by atoms with van der Waals surface area (Å²) in [6, 6.07) is 6.13. The van der Waals surface area contributed by atoms with Crippen LogP contribution in [0.2, 0.25) is 5.02 Å². The molecule has 0 bridgehead atoms. The summed E-state index contributed by atoms with van der Waals surface area (Å²) in [4.78, 5) is 9.14. The molecule has 0 saturated carbocycles. The van der Waals surface area contributed by atoms with E-state index in [1.54, 1.807) is 11.3 Å². The summed E-state index contributed by atoms with van der Waals surface area (Å²) in [7, 11) is 0. The third-order valence-corrected chi connectivity index (χ3v) is 5.28. The molecule has 1 saturated heterocycles. The van der Waals surface area contributed by atoms with E-state index >= 15 is 0 Å². The SMILES string of the molecule is Clc1cccc(N2CCN(c3nccs3)CC2)c1CBr. The highest BCUT2D eigenvalue weighted by Crippen LogP contribution is 2.31. The molecule has 0 amide bonds. The molecule has 2 aromatic rings. The van der Waals surface area contributed by atoms with Crippen LogP contribution in [0.25, 0.3) is 0 Å². The highest BCUT2D eigenvalue weighted by molar-refractivity contribution is 9.08. The Kier molecular flexibility index (Phi) is 4.48. The van der Waals surface area contributed by atoms with E-state index in [-0.39, 0.29) is 0 Å². The molecular weight excluding hydrogens is 358 g/mol. The molecule has 1 fully saturated rings. The first-order valence-corrected chi connectivity index (χ1v) is 8.90. The van der Waals surface area contributed by atoms with E-state index in [1.807, 2.05) is 23.7 Å². The number of anilines is 2. The number of hydrogen-bond donors (Lipinski definition) is 0. The van der Waals surface area contributed by atoms with Crippen molar-refractivity contribution in [3.05, 3.63) is 40.4 Å². The lowest BCUT2D eigenvalue weighted by atomic mass is 10.1. The van der Waals surface area contributed by atoms with E-state index in [0.29, 0.717) is 0 Å². The second kappa shape index (κ2) is 6.33. The minimum absolute atomic E-state index is 0.786. The first-order chi connectivity index (χ1) is 9.79. The van der Waals surface area contributed by atoms with E-state index in [2.05, 4.69) is 36.8 Å². The summed E-state index contributed by atoms with van der Waals surface area (Å²) >= 11 is 11.5. The smallest absolute Gasteiger partial charge is 0.185 e. The molecule has 106 valence electrons. The summed E-state index contributed by atoms with van der Waals surface area (Å²) < 4.78 is 0. The van der Waals surface area contributed by atoms with E-state index in [1.165, 1.54) is 11.3 Å². The van der Waals surface area contributed by atoms with Crippen LogP contribution in [0.3, 0.4) is 0 Å². The Morgan fingerprint density at radius 3 is 2.60 bits per heavy atom. The van der Waals surface area contributed by atoms with E-state index in [9.17, 15) is 0 Å². The lowest BCUT2D eigenvalue weighted by Crippen LogP contribution is -2.46. The lowest BCUT2D eigenvalue weighted by Gasteiger charge is -2.37. The minimum Gasteiger partial charge on any atom is -0.368 e. The Bertz CT molecular complexity index is 568. The number of aromatic nitrogens is 1. The van der Waals surface area contributed by atoms with Crippen molar-refractivity contribution >= 4 is 49.7 Å². The van der Waals surface area contributed by atoms with Gasteiger partial charge in [0, 0.05) is 59.4 Å². The van der Waals surface area contributed by atoms with Crippen LogP contribution < -0.4 is 9.80 Å². The number of hydrogen-bond acceptors (Lipinski definition) is 4. The summed E-state index contributed by atoms with van der Waals surface area (Å²) in [6.45, 7) is 4.00. The van der Waals surface area contributed by atoms with Gasteiger partial charge in [-0.3, -0.25) is 0 Å². The van der Waals surface area contributed by atoms with Crippen LogP contribution in [0, 0.1) is 0 Å². The summed E-state index contributed by atoms with van der Waals surface area (Å²) in [5, 5.41) is 4.77. The molecule has 2 heterocycles. The van der Waals surface area contributed by atoms with Gasteiger partial charge in [0.2, 0.25) is 0 Å². The fraction of sp³-hybridized carbons (Fsp3) is 0.357. The van der Waals surface area contributed by atoms with Crippen LogP contribution in [-0.4, -0.2) is 31.2 Å². The van der Waals surface area contributed by atoms with Crippen LogP contribution in [0.1, 0.15) is 5.56 Å². The van der Waals surface area contributed by atoms with Crippen molar-refractivity contribution in [2.75, 3.05) is 36.0 Å². The highest BCUT2D eigenvalue weighted by atomic mass is 79.9. The predicted molar refractivity (Wildman–Crippen MR) is 90.6 cm³/mol. The molecule has 0 N–H and O–H groups in total. The van der Waals surface area contributed by atoms with E-state index in [0.717, 1.165) is 41.7 Å². The van der Waals surface area contributed by atoms with Crippen LogP contribution in [0.15, 0.2) is 29.8 Å². The van der Waals surface area contributed by atoms with Gasteiger partial charge in [0.25, 0.3) is 0 Å². The number of piperazine rings is 1. The van der Waals surface area contributed by atoms with Gasteiger partial charge in [0.05, 0.1) is 0 Å². The second-order valence-corrected chi connectivity index (χ2v) is 6.50. The topological polar surface area (TPSA) is 19.4 Å². The molecule has 0 spiro atoms. The summed E-state index contributed by atoms with van der Waals surface area (Å²) in [5.41, 5.74) is 2.42. The average molecular weight is 373 g/mol. The zero-order chi connectivity index (χ0) is 13.9. The Morgan fingerprint density at radius 2 is 1.95 bits per heavy atom. The second-order valence-electron chi connectivity index (χ2n) is 4.66. The number of nitrogens with zero attached hydrogens (tertiary/aromatic N) is 3. The zero-order valence-corrected chi connectivity index (χ0v) is 14.1. The van der Waals surface area contributed by atoms with Crippen molar-refractivity contribution in [3.8, 4) is 0 Å². The van der Waals surface area contributed by atoms with Crippen LogP contribution >= 0.6 is 38.9 Å². The van der Waals surface area contributed by atoms with Crippen molar-refractivity contribution in [2.45, 2.75) is 5.33 Å².